The fourth-order valence-electron chi connectivity index (χ4n) is 1.34. The summed E-state index contributed by atoms with van der Waals surface area (Å²) in [5.74, 6) is -0.00216. The van der Waals surface area contributed by atoms with Gasteiger partial charge in [0.1, 0.15) is 0 Å². The number of carbonyl (C=O) groups is 1. The number of hydrogen-bond acceptors (Lipinski definition) is 1. The Labute approximate surface area is 106 Å². The Bertz CT molecular complexity index is 366. The van der Waals surface area contributed by atoms with Gasteiger partial charge in [0.25, 0.3) is 0 Å². The van der Waals surface area contributed by atoms with E-state index in [1.807, 2.05) is 0 Å². The molecule has 0 fully saturated rings. The van der Waals surface area contributed by atoms with Crippen molar-refractivity contribution in [2.45, 2.75) is 32.6 Å². The summed E-state index contributed by atoms with van der Waals surface area (Å²) in [5.41, 5.74) is 0.618. The van der Waals surface area contributed by atoms with Crippen LogP contribution >= 0.6 is 23.2 Å². The lowest BCUT2D eigenvalue weighted by Crippen LogP contribution is -2.11. The van der Waals surface area contributed by atoms with Crippen LogP contribution in [0.2, 0.25) is 10.0 Å². The lowest BCUT2D eigenvalue weighted by molar-refractivity contribution is -0.116. The van der Waals surface area contributed by atoms with Crippen molar-refractivity contribution in [2.75, 3.05) is 5.32 Å². The zero-order valence-corrected chi connectivity index (χ0v) is 10.7. The molecule has 0 aromatic heterocycles. The van der Waals surface area contributed by atoms with E-state index in [0.717, 1.165) is 19.3 Å². The lowest BCUT2D eigenvalue weighted by atomic mass is 10.2. The molecule has 1 N–H and O–H groups in total. The summed E-state index contributed by atoms with van der Waals surface area (Å²) in [4.78, 5) is 11.5. The molecular weight excluding hydrogens is 245 g/mol. The first-order chi connectivity index (χ1) is 7.63. The zero-order valence-electron chi connectivity index (χ0n) is 9.22. The molecule has 0 heterocycles. The Morgan fingerprint density at radius 2 is 2.06 bits per heavy atom. The molecule has 1 aromatic carbocycles. The van der Waals surface area contributed by atoms with E-state index in [9.17, 15) is 4.79 Å². The summed E-state index contributed by atoms with van der Waals surface area (Å²) in [5, 5.41) is 3.80. The van der Waals surface area contributed by atoms with Crippen LogP contribution in [-0.2, 0) is 4.79 Å². The van der Waals surface area contributed by atoms with Crippen molar-refractivity contribution in [3.63, 3.8) is 0 Å². The molecular formula is C12H15Cl2NO. The first-order valence-corrected chi connectivity index (χ1v) is 6.14. The van der Waals surface area contributed by atoms with Crippen LogP contribution < -0.4 is 5.32 Å². The molecule has 0 unspecified atom stereocenters. The summed E-state index contributed by atoms with van der Waals surface area (Å²) < 4.78 is 0. The highest BCUT2D eigenvalue weighted by Gasteiger charge is 2.05. The molecule has 1 aromatic rings. The average Bonchev–Trinajstić information content (AvgIpc) is 2.23. The molecule has 88 valence electrons. The second kappa shape index (κ2) is 6.77. The Morgan fingerprint density at radius 3 is 2.69 bits per heavy atom. The molecule has 1 rings (SSSR count). The SMILES string of the molecule is CCCCCC(=O)Nc1ccc(Cl)cc1Cl. The van der Waals surface area contributed by atoms with E-state index in [-0.39, 0.29) is 5.91 Å². The molecule has 0 radical (unpaired) electrons. The topological polar surface area (TPSA) is 29.1 Å². The maximum absolute atomic E-state index is 11.5. The second-order valence-corrected chi connectivity index (χ2v) is 4.47. The summed E-state index contributed by atoms with van der Waals surface area (Å²) >= 11 is 11.7. The predicted molar refractivity (Wildman–Crippen MR) is 69.2 cm³/mol. The molecule has 0 saturated carbocycles. The van der Waals surface area contributed by atoms with E-state index < -0.39 is 0 Å². The van der Waals surface area contributed by atoms with Gasteiger partial charge in [-0.3, -0.25) is 4.79 Å². The summed E-state index contributed by atoms with van der Waals surface area (Å²) in [7, 11) is 0. The minimum absolute atomic E-state index is 0.00216. The largest absolute Gasteiger partial charge is 0.325 e. The van der Waals surface area contributed by atoms with Crippen molar-refractivity contribution in [1.29, 1.82) is 0 Å². The second-order valence-electron chi connectivity index (χ2n) is 3.63. The van der Waals surface area contributed by atoms with Crippen LogP contribution in [0.1, 0.15) is 32.6 Å². The minimum atomic E-state index is -0.00216. The van der Waals surface area contributed by atoms with Crippen molar-refractivity contribution in [1.82, 2.24) is 0 Å². The Kier molecular flexibility index (Phi) is 5.64. The van der Waals surface area contributed by atoms with Gasteiger partial charge in [0.15, 0.2) is 0 Å². The van der Waals surface area contributed by atoms with Crippen molar-refractivity contribution in [3.05, 3.63) is 28.2 Å². The van der Waals surface area contributed by atoms with Gasteiger partial charge in [-0.05, 0) is 24.6 Å². The number of rotatable bonds is 5. The van der Waals surface area contributed by atoms with Gasteiger partial charge in [0.05, 0.1) is 10.7 Å². The monoisotopic (exact) mass is 259 g/mol. The standard InChI is InChI=1S/C12H15Cl2NO/c1-2-3-4-5-12(16)15-11-7-6-9(13)8-10(11)14/h6-8H,2-5H2,1H3,(H,15,16). The highest BCUT2D eigenvalue weighted by molar-refractivity contribution is 6.36. The van der Waals surface area contributed by atoms with Crippen molar-refractivity contribution in [3.8, 4) is 0 Å². The molecule has 0 aliphatic carbocycles. The van der Waals surface area contributed by atoms with Crippen molar-refractivity contribution in [2.24, 2.45) is 0 Å². The quantitative estimate of drug-likeness (QED) is 0.775. The number of hydrogen-bond donors (Lipinski definition) is 1. The van der Waals surface area contributed by atoms with Gasteiger partial charge < -0.3 is 5.32 Å². The van der Waals surface area contributed by atoms with E-state index in [0.29, 0.717) is 22.2 Å². The van der Waals surface area contributed by atoms with Gasteiger partial charge in [-0.15, -0.1) is 0 Å². The molecule has 0 saturated heterocycles. The van der Waals surface area contributed by atoms with Crippen molar-refractivity contribution < 1.29 is 4.79 Å². The number of nitrogens with one attached hydrogen (secondary N) is 1. The van der Waals surface area contributed by atoms with Gasteiger partial charge in [0.2, 0.25) is 5.91 Å². The van der Waals surface area contributed by atoms with E-state index >= 15 is 0 Å². The van der Waals surface area contributed by atoms with Gasteiger partial charge in [0, 0.05) is 11.4 Å². The predicted octanol–water partition coefficient (Wildman–Crippen LogP) is 4.51. The Balaban J connectivity index is 2.49. The lowest BCUT2D eigenvalue weighted by Gasteiger charge is -2.07. The molecule has 0 atom stereocenters. The van der Waals surface area contributed by atoms with Gasteiger partial charge in [-0.2, -0.15) is 0 Å². The average molecular weight is 260 g/mol. The van der Waals surface area contributed by atoms with Gasteiger partial charge in [-0.1, -0.05) is 43.0 Å². The number of benzene rings is 1. The zero-order chi connectivity index (χ0) is 12.0. The summed E-state index contributed by atoms with van der Waals surface area (Å²) in [6, 6.07) is 5.03. The van der Waals surface area contributed by atoms with Crippen LogP contribution in [-0.4, -0.2) is 5.91 Å². The van der Waals surface area contributed by atoms with Gasteiger partial charge >= 0.3 is 0 Å². The number of carbonyl (C=O) groups excluding carboxylic acids is 1. The maximum Gasteiger partial charge on any atom is 0.224 e. The fraction of sp³-hybridized carbons (Fsp3) is 0.417. The molecule has 0 aliphatic rings. The first-order valence-electron chi connectivity index (χ1n) is 5.38. The molecule has 0 aliphatic heterocycles. The van der Waals surface area contributed by atoms with Crippen LogP contribution in [0, 0.1) is 0 Å². The number of unbranched alkanes of at least 4 members (excludes halogenated alkanes) is 2. The highest BCUT2D eigenvalue weighted by Crippen LogP contribution is 2.25. The maximum atomic E-state index is 11.5. The fourth-order valence-corrected chi connectivity index (χ4v) is 1.79. The first kappa shape index (κ1) is 13.3. The van der Waals surface area contributed by atoms with Crippen LogP contribution in [0.3, 0.4) is 0 Å². The molecule has 4 heteroatoms. The third kappa shape index (κ3) is 4.42. The Morgan fingerprint density at radius 1 is 1.31 bits per heavy atom. The van der Waals surface area contributed by atoms with Crippen LogP contribution in [0.15, 0.2) is 18.2 Å². The van der Waals surface area contributed by atoms with E-state index in [4.69, 9.17) is 23.2 Å². The third-order valence-corrected chi connectivity index (χ3v) is 2.76. The molecule has 0 spiro atoms. The third-order valence-electron chi connectivity index (χ3n) is 2.21. The number of amides is 1. The normalized spacial score (nSPS) is 10.2. The van der Waals surface area contributed by atoms with Crippen LogP contribution in [0.25, 0.3) is 0 Å². The van der Waals surface area contributed by atoms with Crippen LogP contribution in [0.5, 0.6) is 0 Å². The van der Waals surface area contributed by atoms with E-state index in [2.05, 4.69) is 12.2 Å². The van der Waals surface area contributed by atoms with Crippen LogP contribution in [0.4, 0.5) is 5.69 Å². The summed E-state index contributed by atoms with van der Waals surface area (Å²) in [6.45, 7) is 2.11. The van der Waals surface area contributed by atoms with E-state index in [1.165, 1.54) is 0 Å². The van der Waals surface area contributed by atoms with Crippen molar-refractivity contribution >= 4 is 34.8 Å². The summed E-state index contributed by atoms with van der Waals surface area (Å²) in [6.07, 6.45) is 3.62. The minimum Gasteiger partial charge on any atom is -0.325 e. The smallest absolute Gasteiger partial charge is 0.224 e. The molecule has 16 heavy (non-hydrogen) atoms. The number of anilines is 1. The van der Waals surface area contributed by atoms with E-state index in [1.54, 1.807) is 18.2 Å². The highest BCUT2D eigenvalue weighted by atomic mass is 35.5. The molecule has 2 nitrogen and oxygen atoms in total. The Hall–Kier alpha value is -0.730. The molecule has 1 amide bonds. The van der Waals surface area contributed by atoms with Gasteiger partial charge in [-0.25, -0.2) is 0 Å². The molecule has 0 bridgehead atoms. The number of halogens is 2.